The van der Waals surface area contributed by atoms with Gasteiger partial charge in [-0.3, -0.25) is 9.69 Å². The van der Waals surface area contributed by atoms with Gasteiger partial charge in [0, 0.05) is 5.57 Å². The first-order valence-corrected chi connectivity index (χ1v) is 9.82. The molecule has 3 atom stereocenters. The molecule has 152 valence electrons. The molecule has 1 saturated heterocycles. The molecule has 0 aromatic carbocycles. The van der Waals surface area contributed by atoms with E-state index in [-0.39, 0.29) is 37.7 Å². The number of hydrogen-bond acceptors (Lipinski definition) is 4. The van der Waals surface area contributed by atoms with Crippen LogP contribution < -0.4 is 5.32 Å². The Morgan fingerprint density at radius 1 is 1.41 bits per heavy atom. The molecule has 0 spiro atoms. The van der Waals surface area contributed by atoms with Crippen molar-refractivity contribution in [1.29, 1.82) is 0 Å². The minimum Gasteiger partial charge on any atom is -0.394 e. The Balaban J connectivity index is 1.64. The van der Waals surface area contributed by atoms with Crippen LogP contribution in [0.4, 0.5) is 8.78 Å². The normalized spacial score (nSPS) is 28.6. The van der Waals surface area contributed by atoms with Crippen LogP contribution in [0.5, 0.6) is 0 Å². The van der Waals surface area contributed by atoms with Crippen LogP contribution in [0.2, 0.25) is 0 Å². The van der Waals surface area contributed by atoms with Gasteiger partial charge in [-0.2, -0.15) is 0 Å². The zero-order chi connectivity index (χ0) is 19.6. The number of likely N-dealkylation sites (tertiary alicyclic amines) is 1. The van der Waals surface area contributed by atoms with E-state index in [2.05, 4.69) is 5.32 Å². The number of carbonyl (C=O) groups excluding carboxylic acids is 1. The molecule has 0 radical (unpaired) electrons. The van der Waals surface area contributed by atoms with Gasteiger partial charge in [0.2, 0.25) is 0 Å². The van der Waals surface area contributed by atoms with Gasteiger partial charge in [0.05, 0.1) is 44.5 Å². The predicted octanol–water partition coefficient (Wildman–Crippen LogP) is 2.12. The predicted molar refractivity (Wildman–Crippen MR) is 98.5 cm³/mol. The fourth-order valence-electron chi connectivity index (χ4n) is 3.58. The molecule has 2 N–H and O–H groups in total. The van der Waals surface area contributed by atoms with Crippen molar-refractivity contribution in [3.63, 3.8) is 0 Å². The summed E-state index contributed by atoms with van der Waals surface area (Å²) in [5.74, 6) is -2.00. The van der Waals surface area contributed by atoms with E-state index in [9.17, 15) is 18.7 Å². The van der Waals surface area contributed by atoms with E-state index in [1.165, 1.54) is 0 Å². The topological polar surface area (TPSA) is 61.8 Å². The summed E-state index contributed by atoms with van der Waals surface area (Å²) in [5, 5.41) is 12.3. The number of halogens is 2. The molecule has 27 heavy (non-hydrogen) atoms. The van der Waals surface area contributed by atoms with Crippen molar-refractivity contribution in [1.82, 2.24) is 10.2 Å². The van der Waals surface area contributed by atoms with Gasteiger partial charge < -0.3 is 15.2 Å². The molecule has 0 aromatic heterocycles. The van der Waals surface area contributed by atoms with Crippen molar-refractivity contribution in [2.45, 2.75) is 57.2 Å². The summed E-state index contributed by atoms with van der Waals surface area (Å²) in [6.07, 6.45) is 7.76. The van der Waals surface area contributed by atoms with E-state index in [1.54, 1.807) is 23.1 Å². The number of ether oxygens (including phenoxy) is 1. The molecule has 1 amide bonds. The number of carbonyl (C=O) groups is 1. The smallest absolute Gasteiger partial charge is 0.272 e. The van der Waals surface area contributed by atoms with E-state index in [4.69, 9.17) is 4.74 Å². The first-order valence-electron chi connectivity index (χ1n) is 9.82. The maximum Gasteiger partial charge on any atom is 0.272 e. The number of amides is 1. The monoisotopic (exact) mass is 384 g/mol. The quantitative estimate of drug-likeness (QED) is 0.639. The lowest BCUT2D eigenvalue weighted by atomic mass is 9.94. The van der Waals surface area contributed by atoms with Gasteiger partial charge in [-0.1, -0.05) is 26.0 Å². The lowest BCUT2D eigenvalue weighted by molar-refractivity contribution is -0.153. The van der Waals surface area contributed by atoms with E-state index in [0.29, 0.717) is 30.4 Å². The molecule has 2 unspecified atom stereocenters. The lowest BCUT2D eigenvalue weighted by Crippen LogP contribution is -2.62. The number of aliphatic hydroxyl groups excluding tert-OH is 1. The molecule has 0 bridgehead atoms. The SMILES string of the molecule is CC(C)C[C@@H](CO)NC(=O)C1=CC(OCC2CC2)C(N2CC(F)(F)C2)C=C1. The van der Waals surface area contributed by atoms with E-state index < -0.39 is 12.0 Å². The zero-order valence-electron chi connectivity index (χ0n) is 16.0. The second-order valence-electron chi connectivity index (χ2n) is 8.46. The van der Waals surface area contributed by atoms with Crippen LogP contribution >= 0.6 is 0 Å². The maximum atomic E-state index is 13.3. The van der Waals surface area contributed by atoms with E-state index >= 15 is 0 Å². The van der Waals surface area contributed by atoms with Crippen LogP contribution in [-0.4, -0.2) is 66.3 Å². The third-order valence-electron chi connectivity index (χ3n) is 5.24. The molecule has 1 heterocycles. The Morgan fingerprint density at radius 3 is 2.67 bits per heavy atom. The van der Waals surface area contributed by atoms with Crippen molar-refractivity contribution < 1.29 is 23.4 Å². The zero-order valence-corrected chi connectivity index (χ0v) is 16.0. The number of hydrogen-bond donors (Lipinski definition) is 2. The highest BCUT2D eigenvalue weighted by Gasteiger charge is 2.48. The van der Waals surface area contributed by atoms with Crippen molar-refractivity contribution in [3.05, 3.63) is 23.8 Å². The van der Waals surface area contributed by atoms with Gasteiger partial charge in [-0.25, -0.2) is 8.78 Å². The van der Waals surface area contributed by atoms with Gasteiger partial charge >= 0.3 is 0 Å². The molecule has 0 aromatic rings. The minimum atomic E-state index is -2.64. The van der Waals surface area contributed by atoms with Crippen molar-refractivity contribution >= 4 is 5.91 Å². The highest BCUT2D eigenvalue weighted by Crippen LogP contribution is 2.34. The molecule has 1 aliphatic heterocycles. The summed E-state index contributed by atoms with van der Waals surface area (Å²) in [6.45, 7) is 3.99. The molecule has 2 aliphatic carbocycles. The Hall–Kier alpha value is -1.31. The molecular weight excluding hydrogens is 354 g/mol. The summed E-state index contributed by atoms with van der Waals surface area (Å²) < 4.78 is 32.5. The fraction of sp³-hybridized carbons (Fsp3) is 0.750. The van der Waals surface area contributed by atoms with E-state index in [1.807, 2.05) is 13.8 Å². The average molecular weight is 384 g/mol. The number of nitrogens with one attached hydrogen (secondary N) is 1. The number of nitrogens with zero attached hydrogens (tertiary/aromatic N) is 1. The third-order valence-corrected chi connectivity index (χ3v) is 5.24. The summed E-state index contributed by atoms with van der Waals surface area (Å²) in [5.41, 5.74) is 0.460. The number of rotatable bonds is 9. The van der Waals surface area contributed by atoms with Gasteiger partial charge in [-0.15, -0.1) is 0 Å². The molecule has 1 saturated carbocycles. The molecule has 3 rings (SSSR count). The summed E-state index contributed by atoms with van der Waals surface area (Å²) in [6, 6.07) is -0.575. The molecular formula is C20H30F2N2O3. The number of alkyl halides is 2. The van der Waals surface area contributed by atoms with Crippen LogP contribution in [0, 0.1) is 11.8 Å². The summed E-state index contributed by atoms with van der Waals surface area (Å²) in [4.78, 5) is 14.3. The van der Waals surface area contributed by atoms with Crippen LogP contribution in [0.25, 0.3) is 0 Å². The maximum absolute atomic E-state index is 13.3. The van der Waals surface area contributed by atoms with E-state index in [0.717, 1.165) is 12.8 Å². The standard InChI is InChI=1S/C20H30F2N2O3/c1-13(2)7-16(9-25)23-19(26)15-5-6-17(24-11-20(21,22)12-24)18(8-15)27-10-14-3-4-14/h5-6,8,13-14,16-18,25H,3-4,7,9-12H2,1-2H3,(H,23,26)/t16-,17?,18?/m0/s1. The summed E-state index contributed by atoms with van der Waals surface area (Å²) in [7, 11) is 0. The number of aliphatic hydroxyl groups is 1. The van der Waals surface area contributed by atoms with Crippen molar-refractivity contribution in [3.8, 4) is 0 Å². The van der Waals surface area contributed by atoms with Crippen LogP contribution in [0.15, 0.2) is 23.8 Å². The second kappa shape index (κ2) is 8.37. The largest absolute Gasteiger partial charge is 0.394 e. The third kappa shape index (κ3) is 5.59. The molecule has 3 aliphatic rings. The Kier molecular flexibility index (Phi) is 6.33. The first-order chi connectivity index (χ1) is 12.8. The second-order valence-corrected chi connectivity index (χ2v) is 8.46. The van der Waals surface area contributed by atoms with Gasteiger partial charge in [0.25, 0.3) is 11.8 Å². The van der Waals surface area contributed by atoms with Crippen LogP contribution in [0.3, 0.4) is 0 Å². The Bertz CT molecular complexity index is 594. The van der Waals surface area contributed by atoms with Crippen LogP contribution in [0.1, 0.15) is 33.1 Å². The molecule has 5 nitrogen and oxygen atoms in total. The fourth-order valence-corrected chi connectivity index (χ4v) is 3.58. The minimum absolute atomic E-state index is 0.117. The molecule has 7 heteroatoms. The van der Waals surface area contributed by atoms with Crippen LogP contribution in [-0.2, 0) is 9.53 Å². The molecule has 2 fully saturated rings. The Labute approximate surface area is 159 Å². The first kappa shape index (κ1) is 20.4. The van der Waals surface area contributed by atoms with Gasteiger partial charge in [0.15, 0.2) is 0 Å². The van der Waals surface area contributed by atoms with Crippen molar-refractivity contribution in [2.75, 3.05) is 26.3 Å². The van der Waals surface area contributed by atoms with Gasteiger partial charge in [-0.05, 0) is 37.2 Å². The van der Waals surface area contributed by atoms with Gasteiger partial charge in [0.1, 0.15) is 0 Å². The Morgan fingerprint density at radius 2 is 2.11 bits per heavy atom. The average Bonchev–Trinajstić information content (AvgIpc) is 3.40. The highest BCUT2D eigenvalue weighted by atomic mass is 19.3. The van der Waals surface area contributed by atoms with Crippen molar-refractivity contribution in [2.24, 2.45) is 11.8 Å². The summed E-state index contributed by atoms with van der Waals surface area (Å²) >= 11 is 0. The lowest BCUT2D eigenvalue weighted by Gasteiger charge is -2.45. The highest BCUT2D eigenvalue weighted by molar-refractivity contribution is 5.96.